The summed E-state index contributed by atoms with van der Waals surface area (Å²) >= 11 is 0. The molecule has 0 spiro atoms. The van der Waals surface area contributed by atoms with Crippen LogP contribution < -0.4 is 16.8 Å². The van der Waals surface area contributed by atoms with E-state index >= 15 is 0 Å². The molecule has 0 fully saturated rings. The van der Waals surface area contributed by atoms with E-state index in [0.717, 1.165) is 40.8 Å². The fourth-order valence-electron chi connectivity index (χ4n) is 7.98. The average molecular weight is 580 g/mol. The first kappa shape index (κ1) is 30.5. The molecule has 0 heterocycles. The summed E-state index contributed by atoms with van der Waals surface area (Å²) in [7, 11) is 7.66. The maximum absolute atomic E-state index is 13.8. The van der Waals surface area contributed by atoms with E-state index < -0.39 is 5.41 Å². The Morgan fingerprint density at radius 2 is 1.84 bits per heavy atom. The molecule has 5 rings (SSSR count). The Morgan fingerprint density at radius 3 is 2.47 bits per heavy atom. The van der Waals surface area contributed by atoms with Crippen LogP contribution in [0.25, 0.3) is 16.7 Å². The molecule has 5 N–H and O–H groups in total. The first-order valence-corrected chi connectivity index (χ1v) is 14.9. The lowest BCUT2D eigenvalue weighted by Gasteiger charge is -2.55. The highest BCUT2D eigenvalue weighted by Gasteiger charge is 2.56. The van der Waals surface area contributed by atoms with Gasteiger partial charge in [0.2, 0.25) is 5.91 Å². The molecule has 7 nitrogen and oxygen atoms in total. The van der Waals surface area contributed by atoms with Gasteiger partial charge in [0.15, 0.2) is 5.78 Å². The zero-order chi connectivity index (χ0) is 31.5. The average Bonchev–Trinajstić information content (AvgIpc) is 2.90. The lowest BCUT2D eigenvalue weighted by molar-refractivity contribution is -0.124. The topological polar surface area (TPSA) is 105 Å². The maximum atomic E-state index is 13.8. The van der Waals surface area contributed by atoms with E-state index in [0.29, 0.717) is 17.8 Å². The van der Waals surface area contributed by atoms with E-state index in [9.17, 15) is 9.59 Å². The van der Waals surface area contributed by atoms with E-state index in [1.807, 2.05) is 56.2 Å². The predicted molar refractivity (Wildman–Crippen MR) is 176 cm³/mol. The fourth-order valence-corrected chi connectivity index (χ4v) is 7.98. The number of benzene rings is 2. The van der Waals surface area contributed by atoms with Gasteiger partial charge in [0.1, 0.15) is 0 Å². The number of nitrogens with one attached hydrogen (secondary N) is 1. The van der Waals surface area contributed by atoms with E-state index in [2.05, 4.69) is 50.9 Å². The number of Topliss-reactive ketones (excluding diaryl/α,β-unsaturated/α-hetero) is 1. The Labute approximate surface area is 256 Å². The largest absolute Gasteiger partial charge is 0.401 e. The molecule has 0 unspecified atom stereocenters. The van der Waals surface area contributed by atoms with Crippen LogP contribution >= 0.6 is 0 Å². The molecule has 1 amide bonds. The zero-order valence-electron chi connectivity index (χ0n) is 26.6. The van der Waals surface area contributed by atoms with Gasteiger partial charge in [-0.05, 0) is 125 Å². The summed E-state index contributed by atoms with van der Waals surface area (Å²) in [5.74, 6) is 0.0644. The second-order valence-corrected chi connectivity index (χ2v) is 13.2. The van der Waals surface area contributed by atoms with Gasteiger partial charge in [-0.15, -0.1) is 0 Å². The van der Waals surface area contributed by atoms with Crippen molar-refractivity contribution in [3.05, 3.63) is 94.4 Å². The van der Waals surface area contributed by atoms with Gasteiger partial charge in [0, 0.05) is 22.5 Å². The fraction of sp³-hybridized carbons (Fsp3) is 0.389. The highest BCUT2D eigenvalue weighted by Crippen LogP contribution is 2.60. The number of anilines is 1. The molecule has 4 atom stereocenters. The molecule has 3 aliphatic carbocycles. The molecule has 0 saturated carbocycles. The van der Waals surface area contributed by atoms with Crippen LogP contribution in [0, 0.1) is 24.2 Å². The maximum Gasteiger partial charge on any atom is 0.238 e. The van der Waals surface area contributed by atoms with Crippen LogP contribution in [0.1, 0.15) is 37.0 Å². The minimum atomic E-state index is -0.558. The summed E-state index contributed by atoms with van der Waals surface area (Å²) < 4.78 is 0. The number of hydrogen-bond donors (Lipinski definition) is 3. The second kappa shape index (κ2) is 11.0. The number of nitrogens with zero attached hydrogens (tertiary/aromatic N) is 2. The Hall–Kier alpha value is -3.94. The molecule has 0 aromatic heterocycles. The lowest BCUT2D eigenvalue weighted by Crippen LogP contribution is -2.58. The number of likely N-dealkylation sites (N-methyl/N-ethyl adjacent to an activating group) is 2. The van der Waals surface area contributed by atoms with Crippen LogP contribution in [0.15, 0.2) is 77.7 Å². The standard InChI is InChI=1S/C36H45N5O2/c1-19-13-14-26(23-11-10-12-25(15-23)39-29(42)18-40(6)7)27-16-24-17-28-33(41(8)9)34(43)32(22(4)37)35(38)36(28,5)21(3)31(24)20(2)30(19)27/h10-15,24,28,33H,2,4,16-18,37-38H2,1,3,5-9H3,(H,39,42)/t24-,28-,33-,36-/m0/s1. The van der Waals surface area contributed by atoms with Gasteiger partial charge < -0.3 is 21.7 Å². The van der Waals surface area contributed by atoms with Crippen molar-refractivity contribution < 1.29 is 9.59 Å². The first-order valence-electron chi connectivity index (χ1n) is 14.9. The molecule has 2 aromatic rings. The van der Waals surface area contributed by atoms with Crippen molar-refractivity contribution in [1.29, 1.82) is 0 Å². The monoisotopic (exact) mass is 579 g/mol. The van der Waals surface area contributed by atoms with Crippen LogP contribution in [0.5, 0.6) is 0 Å². The van der Waals surface area contributed by atoms with Crippen LogP contribution in [0.3, 0.4) is 0 Å². The molecular formula is C36H45N5O2. The Morgan fingerprint density at radius 1 is 1.14 bits per heavy atom. The zero-order valence-corrected chi connectivity index (χ0v) is 26.6. The Balaban J connectivity index is 1.64. The third kappa shape index (κ3) is 4.85. The van der Waals surface area contributed by atoms with E-state index in [-0.39, 0.29) is 35.3 Å². The van der Waals surface area contributed by atoms with Crippen molar-refractivity contribution in [2.75, 3.05) is 40.1 Å². The van der Waals surface area contributed by atoms with E-state index in [1.165, 1.54) is 22.3 Å². The second-order valence-electron chi connectivity index (χ2n) is 13.2. The summed E-state index contributed by atoms with van der Waals surface area (Å²) in [5.41, 5.74) is 23.6. The van der Waals surface area contributed by atoms with E-state index in [4.69, 9.17) is 18.0 Å². The van der Waals surface area contributed by atoms with Gasteiger partial charge in [-0.1, -0.05) is 43.0 Å². The van der Waals surface area contributed by atoms with Crippen molar-refractivity contribution in [3.8, 4) is 11.1 Å². The van der Waals surface area contributed by atoms with Crippen LogP contribution in [-0.2, 0) is 16.0 Å². The molecular weight excluding hydrogens is 534 g/mol. The van der Waals surface area contributed by atoms with Crippen LogP contribution in [0.4, 0.5) is 5.69 Å². The summed E-state index contributed by atoms with van der Waals surface area (Å²) in [4.78, 5) is 30.1. The normalized spacial score (nSPS) is 25.1. The number of aryl methyl sites for hydroxylation is 1. The van der Waals surface area contributed by atoms with Crippen molar-refractivity contribution in [2.45, 2.75) is 39.7 Å². The number of carbonyl (C=O) groups is 2. The third-order valence-electron chi connectivity index (χ3n) is 9.99. The quantitative estimate of drug-likeness (QED) is 0.450. The predicted octanol–water partition coefficient (Wildman–Crippen LogP) is 4.89. The summed E-state index contributed by atoms with van der Waals surface area (Å²) in [5, 5.41) is 3.03. The van der Waals surface area contributed by atoms with Crippen molar-refractivity contribution in [2.24, 2.45) is 28.7 Å². The van der Waals surface area contributed by atoms with Crippen LogP contribution in [-0.4, -0.2) is 62.3 Å². The molecule has 2 aromatic carbocycles. The molecule has 0 bridgehead atoms. The van der Waals surface area contributed by atoms with Crippen molar-refractivity contribution in [3.63, 3.8) is 0 Å². The number of rotatable bonds is 6. The lowest BCUT2D eigenvalue weighted by atomic mass is 9.51. The Bertz CT molecular complexity index is 1630. The Kier molecular flexibility index (Phi) is 7.78. The molecule has 0 radical (unpaired) electrons. The van der Waals surface area contributed by atoms with Gasteiger partial charge in [-0.2, -0.15) is 0 Å². The number of allylic oxidation sites excluding steroid dienone is 4. The molecule has 0 aliphatic heterocycles. The van der Waals surface area contributed by atoms with E-state index in [1.54, 1.807) is 0 Å². The number of ketones is 1. The summed E-state index contributed by atoms with van der Waals surface area (Å²) in [6, 6.07) is 12.0. The number of nitrogens with two attached hydrogens (primary N) is 2. The van der Waals surface area contributed by atoms with Gasteiger partial charge in [-0.25, -0.2) is 0 Å². The van der Waals surface area contributed by atoms with Gasteiger partial charge in [0.25, 0.3) is 0 Å². The first-order chi connectivity index (χ1) is 20.2. The molecule has 43 heavy (non-hydrogen) atoms. The number of hydrogen-bond acceptors (Lipinski definition) is 6. The summed E-state index contributed by atoms with van der Waals surface area (Å²) in [6.45, 7) is 15.4. The minimum absolute atomic E-state index is 0.0234. The van der Waals surface area contributed by atoms with Crippen molar-refractivity contribution >= 4 is 23.0 Å². The molecule has 7 heteroatoms. The number of amides is 1. The van der Waals surface area contributed by atoms with Crippen LogP contribution in [0.2, 0.25) is 0 Å². The van der Waals surface area contributed by atoms with Gasteiger partial charge >= 0.3 is 0 Å². The summed E-state index contributed by atoms with van der Waals surface area (Å²) in [6.07, 6.45) is 1.63. The number of fused-ring (bicyclic) bond motifs is 3. The SMILES string of the molecule is C=C(N)C1=C(N)[C@@]2(C)C(C)=C3C(=C)c4c(C)ccc(-c5cccc(NC(=O)CN(C)C)c5)c4C[C@H]3C[C@H]2[C@H](N(C)C)C1=O. The molecule has 3 aliphatic rings. The molecule has 226 valence electrons. The van der Waals surface area contributed by atoms with Gasteiger partial charge in [0.05, 0.1) is 18.2 Å². The third-order valence-corrected chi connectivity index (χ3v) is 9.99. The highest BCUT2D eigenvalue weighted by molar-refractivity contribution is 6.05. The smallest absolute Gasteiger partial charge is 0.238 e. The minimum Gasteiger partial charge on any atom is -0.401 e. The molecule has 0 saturated heterocycles. The van der Waals surface area contributed by atoms with Gasteiger partial charge in [-0.3, -0.25) is 14.5 Å². The number of carbonyl (C=O) groups excluding carboxylic acids is 2. The van der Waals surface area contributed by atoms with Crippen molar-refractivity contribution in [1.82, 2.24) is 9.80 Å². The highest BCUT2D eigenvalue weighted by atomic mass is 16.2.